The lowest BCUT2D eigenvalue weighted by atomic mass is 9.88. The van der Waals surface area contributed by atoms with Crippen molar-refractivity contribution in [1.29, 1.82) is 0 Å². The first-order valence-corrected chi connectivity index (χ1v) is 6.70. The van der Waals surface area contributed by atoms with Crippen molar-refractivity contribution in [2.75, 3.05) is 6.61 Å². The molecule has 1 aromatic carbocycles. The summed E-state index contributed by atoms with van der Waals surface area (Å²) in [6.07, 6.45) is 2.99. The SMILES string of the molecule is CC(C)(CCCOc1cnc2ccccc2c1)C(=O)O. The van der Waals surface area contributed by atoms with Crippen molar-refractivity contribution < 1.29 is 14.6 Å². The van der Waals surface area contributed by atoms with Gasteiger partial charge in [0.15, 0.2) is 0 Å². The maximum absolute atomic E-state index is 11.0. The van der Waals surface area contributed by atoms with Crippen LogP contribution in [0.1, 0.15) is 26.7 Å². The van der Waals surface area contributed by atoms with Crippen LogP contribution < -0.4 is 4.74 Å². The Bertz CT molecular complexity index is 607. The highest BCUT2D eigenvalue weighted by Crippen LogP contribution is 2.23. The van der Waals surface area contributed by atoms with Crippen molar-refractivity contribution in [2.24, 2.45) is 5.41 Å². The molecule has 4 nitrogen and oxygen atoms in total. The number of hydrogen-bond donors (Lipinski definition) is 1. The molecule has 1 heterocycles. The van der Waals surface area contributed by atoms with E-state index in [1.54, 1.807) is 20.0 Å². The van der Waals surface area contributed by atoms with Crippen LogP contribution in [0.4, 0.5) is 0 Å². The number of fused-ring (bicyclic) bond motifs is 1. The van der Waals surface area contributed by atoms with Crippen molar-refractivity contribution in [3.63, 3.8) is 0 Å². The van der Waals surface area contributed by atoms with E-state index in [4.69, 9.17) is 9.84 Å². The summed E-state index contributed by atoms with van der Waals surface area (Å²) in [5, 5.41) is 10.1. The van der Waals surface area contributed by atoms with Gasteiger partial charge in [-0.05, 0) is 38.8 Å². The quantitative estimate of drug-likeness (QED) is 0.818. The van der Waals surface area contributed by atoms with E-state index < -0.39 is 11.4 Å². The molecule has 0 fully saturated rings. The summed E-state index contributed by atoms with van der Waals surface area (Å²) in [4.78, 5) is 15.3. The van der Waals surface area contributed by atoms with E-state index in [-0.39, 0.29) is 0 Å². The molecule has 2 rings (SSSR count). The number of benzene rings is 1. The molecule has 4 heteroatoms. The summed E-state index contributed by atoms with van der Waals surface area (Å²) >= 11 is 0. The summed E-state index contributed by atoms with van der Waals surface area (Å²) in [6.45, 7) is 3.95. The minimum atomic E-state index is -0.773. The van der Waals surface area contributed by atoms with Crippen LogP contribution in [0.25, 0.3) is 10.9 Å². The molecule has 0 aliphatic heterocycles. The summed E-state index contributed by atoms with van der Waals surface area (Å²) in [7, 11) is 0. The smallest absolute Gasteiger partial charge is 0.309 e. The standard InChI is InChI=1S/C16H19NO3/c1-16(2,15(18)19)8-5-9-20-13-10-12-6-3-4-7-14(12)17-11-13/h3-4,6-7,10-11H,5,8-9H2,1-2H3,(H,18,19). The van der Waals surface area contributed by atoms with Gasteiger partial charge >= 0.3 is 5.97 Å². The minimum absolute atomic E-state index is 0.497. The third-order valence-electron chi connectivity index (χ3n) is 3.36. The van der Waals surface area contributed by atoms with Crippen molar-refractivity contribution in [3.05, 3.63) is 36.5 Å². The molecular formula is C16H19NO3. The Labute approximate surface area is 118 Å². The third kappa shape index (κ3) is 3.47. The molecule has 106 valence electrons. The number of carboxylic acids is 1. The van der Waals surface area contributed by atoms with Gasteiger partial charge in [0, 0.05) is 5.39 Å². The molecular weight excluding hydrogens is 254 g/mol. The molecule has 1 aromatic heterocycles. The van der Waals surface area contributed by atoms with Crippen molar-refractivity contribution in [2.45, 2.75) is 26.7 Å². The van der Waals surface area contributed by atoms with Crippen LogP contribution in [0.15, 0.2) is 36.5 Å². The predicted molar refractivity (Wildman–Crippen MR) is 77.9 cm³/mol. The summed E-state index contributed by atoms with van der Waals surface area (Å²) < 4.78 is 5.63. The van der Waals surface area contributed by atoms with Gasteiger partial charge in [-0.1, -0.05) is 18.2 Å². The Morgan fingerprint density at radius 3 is 2.85 bits per heavy atom. The summed E-state index contributed by atoms with van der Waals surface area (Å²) in [5.41, 5.74) is 0.234. The number of aliphatic carboxylic acids is 1. The highest BCUT2D eigenvalue weighted by Gasteiger charge is 2.26. The highest BCUT2D eigenvalue weighted by molar-refractivity contribution is 5.79. The van der Waals surface area contributed by atoms with Crippen molar-refractivity contribution in [1.82, 2.24) is 4.98 Å². The van der Waals surface area contributed by atoms with Crippen LogP contribution in [-0.4, -0.2) is 22.7 Å². The van der Waals surface area contributed by atoms with Gasteiger partial charge in [-0.15, -0.1) is 0 Å². The average molecular weight is 273 g/mol. The largest absolute Gasteiger partial charge is 0.492 e. The van der Waals surface area contributed by atoms with E-state index in [1.165, 1.54) is 0 Å². The maximum Gasteiger partial charge on any atom is 0.309 e. The first-order chi connectivity index (χ1) is 9.49. The molecule has 0 unspecified atom stereocenters. The van der Waals surface area contributed by atoms with Crippen LogP contribution in [0, 0.1) is 5.41 Å². The number of pyridine rings is 1. The Hall–Kier alpha value is -2.10. The Balaban J connectivity index is 1.88. The van der Waals surface area contributed by atoms with Crippen LogP contribution in [-0.2, 0) is 4.79 Å². The minimum Gasteiger partial charge on any atom is -0.492 e. The number of ether oxygens (including phenoxy) is 1. The zero-order chi connectivity index (χ0) is 14.6. The van der Waals surface area contributed by atoms with Crippen LogP contribution in [0.2, 0.25) is 0 Å². The first kappa shape index (κ1) is 14.3. The molecule has 20 heavy (non-hydrogen) atoms. The second-order valence-corrected chi connectivity index (χ2v) is 5.50. The summed E-state index contributed by atoms with van der Waals surface area (Å²) in [5.74, 6) is -0.0540. The molecule has 0 atom stereocenters. The predicted octanol–water partition coefficient (Wildman–Crippen LogP) is 3.50. The van der Waals surface area contributed by atoms with E-state index in [0.29, 0.717) is 19.4 Å². The first-order valence-electron chi connectivity index (χ1n) is 6.70. The van der Waals surface area contributed by atoms with E-state index in [2.05, 4.69) is 4.98 Å². The number of hydrogen-bond acceptors (Lipinski definition) is 3. The fourth-order valence-electron chi connectivity index (χ4n) is 1.94. The Morgan fingerprint density at radius 1 is 1.35 bits per heavy atom. The van der Waals surface area contributed by atoms with Crippen molar-refractivity contribution in [3.8, 4) is 5.75 Å². The maximum atomic E-state index is 11.0. The number of rotatable bonds is 6. The molecule has 2 aromatic rings. The second kappa shape index (κ2) is 5.90. The zero-order valence-electron chi connectivity index (χ0n) is 11.8. The lowest BCUT2D eigenvalue weighted by Crippen LogP contribution is -2.24. The van der Waals surface area contributed by atoms with E-state index in [1.807, 2.05) is 30.3 Å². The monoisotopic (exact) mass is 273 g/mol. The van der Waals surface area contributed by atoms with Crippen LogP contribution in [0.5, 0.6) is 5.75 Å². The fraction of sp³-hybridized carbons (Fsp3) is 0.375. The van der Waals surface area contributed by atoms with Gasteiger partial charge < -0.3 is 9.84 Å². The van der Waals surface area contributed by atoms with Gasteiger partial charge in [0.25, 0.3) is 0 Å². The fourth-order valence-corrected chi connectivity index (χ4v) is 1.94. The van der Waals surface area contributed by atoms with Gasteiger partial charge in [0.1, 0.15) is 5.75 Å². The molecule has 0 spiro atoms. The van der Waals surface area contributed by atoms with Gasteiger partial charge in [0.05, 0.1) is 23.7 Å². The Morgan fingerprint density at radius 2 is 2.10 bits per heavy atom. The van der Waals surface area contributed by atoms with Crippen molar-refractivity contribution >= 4 is 16.9 Å². The molecule has 0 aliphatic rings. The summed E-state index contributed by atoms with van der Waals surface area (Å²) in [6, 6.07) is 9.80. The van der Waals surface area contributed by atoms with E-state index >= 15 is 0 Å². The molecule has 0 amide bonds. The number of carbonyl (C=O) groups is 1. The van der Waals surface area contributed by atoms with E-state index in [9.17, 15) is 4.79 Å². The second-order valence-electron chi connectivity index (χ2n) is 5.50. The van der Waals surface area contributed by atoms with E-state index in [0.717, 1.165) is 16.7 Å². The number of carboxylic acid groups (broad SMARTS) is 1. The molecule has 0 bridgehead atoms. The van der Waals surface area contributed by atoms with Gasteiger partial charge in [0.2, 0.25) is 0 Å². The highest BCUT2D eigenvalue weighted by atomic mass is 16.5. The van der Waals surface area contributed by atoms with Crippen LogP contribution >= 0.6 is 0 Å². The molecule has 1 N–H and O–H groups in total. The molecule has 0 aliphatic carbocycles. The topological polar surface area (TPSA) is 59.4 Å². The number of para-hydroxylation sites is 1. The third-order valence-corrected chi connectivity index (χ3v) is 3.36. The normalized spacial score (nSPS) is 11.5. The Kier molecular flexibility index (Phi) is 4.23. The molecule has 0 saturated heterocycles. The molecule has 0 radical (unpaired) electrons. The number of aromatic nitrogens is 1. The average Bonchev–Trinajstić information content (AvgIpc) is 2.43. The molecule has 0 saturated carbocycles. The van der Waals surface area contributed by atoms with Gasteiger partial charge in [-0.25, -0.2) is 0 Å². The van der Waals surface area contributed by atoms with Crippen LogP contribution in [0.3, 0.4) is 0 Å². The lowest BCUT2D eigenvalue weighted by Gasteiger charge is -2.18. The zero-order valence-corrected chi connectivity index (χ0v) is 11.8. The lowest BCUT2D eigenvalue weighted by molar-refractivity contribution is -0.147. The number of nitrogens with zero attached hydrogens (tertiary/aromatic N) is 1. The van der Waals surface area contributed by atoms with Gasteiger partial charge in [-0.3, -0.25) is 9.78 Å². The van der Waals surface area contributed by atoms with Gasteiger partial charge in [-0.2, -0.15) is 0 Å².